The molecule has 0 aliphatic heterocycles. The highest BCUT2D eigenvalue weighted by atomic mass is 35.5. The molecule has 1 aromatic carbocycles. The third-order valence-electron chi connectivity index (χ3n) is 2.22. The maximum Gasteiger partial charge on any atom is 0.270 e. The number of hydrogen-bond donors (Lipinski definition) is 1. The molecule has 0 fully saturated rings. The maximum atomic E-state index is 11.8. The fraction of sp³-hybridized carbons (Fsp3) is 0.364. The molecule has 1 unspecified atom stereocenters. The predicted octanol–water partition coefficient (Wildman–Crippen LogP) is 2.26. The second-order valence-electron chi connectivity index (χ2n) is 3.75. The van der Waals surface area contributed by atoms with Crippen LogP contribution in [0.2, 0.25) is 0 Å². The van der Waals surface area contributed by atoms with Gasteiger partial charge in [0.25, 0.3) is 11.6 Å². The van der Waals surface area contributed by atoms with Crippen molar-refractivity contribution in [1.29, 1.82) is 0 Å². The van der Waals surface area contributed by atoms with Crippen molar-refractivity contribution in [2.24, 2.45) is 0 Å². The Hall–Kier alpha value is -1.62. The SMILES string of the molecule is Cc1ccc([N+](=O)[O-])cc1C(=O)NCC(C)Cl. The van der Waals surface area contributed by atoms with Gasteiger partial charge in [-0.25, -0.2) is 0 Å². The fourth-order valence-electron chi connectivity index (χ4n) is 1.30. The monoisotopic (exact) mass is 256 g/mol. The van der Waals surface area contributed by atoms with Gasteiger partial charge in [0.1, 0.15) is 0 Å². The van der Waals surface area contributed by atoms with Crippen LogP contribution in [0.3, 0.4) is 0 Å². The van der Waals surface area contributed by atoms with Crippen molar-refractivity contribution in [1.82, 2.24) is 5.32 Å². The van der Waals surface area contributed by atoms with Crippen LogP contribution in [-0.4, -0.2) is 22.8 Å². The molecule has 0 saturated heterocycles. The number of carbonyl (C=O) groups is 1. The maximum absolute atomic E-state index is 11.8. The molecule has 0 saturated carbocycles. The molecule has 0 bridgehead atoms. The number of carbonyl (C=O) groups excluding carboxylic acids is 1. The number of nitro benzene ring substituents is 1. The van der Waals surface area contributed by atoms with Crippen molar-refractivity contribution in [3.8, 4) is 0 Å². The van der Waals surface area contributed by atoms with Crippen LogP contribution in [0.1, 0.15) is 22.8 Å². The lowest BCUT2D eigenvalue weighted by Crippen LogP contribution is -2.29. The van der Waals surface area contributed by atoms with Crippen molar-refractivity contribution in [2.75, 3.05) is 6.54 Å². The lowest BCUT2D eigenvalue weighted by atomic mass is 10.1. The van der Waals surface area contributed by atoms with Gasteiger partial charge in [-0.15, -0.1) is 11.6 Å². The fourth-order valence-corrected chi connectivity index (χ4v) is 1.37. The number of rotatable bonds is 4. The first kappa shape index (κ1) is 13.4. The number of alkyl halides is 1. The normalized spacial score (nSPS) is 11.9. The highest BCUT2D eigenvalue weighted by Crippen LogP contribution is 2.17. The molecule has 0 heterocycles. The Labute approximate surface area is 104 Å². The van der Waals surface area contributed by atoms with E-state index in [9.17, 15) is 14.9 Å². The molecule has 0 aliphatic rings. The average molecular weight is 257 g/mol. The summed E-state index contributed by atoms with van der Waals surface area (Å²) in [6.07, 6.45) is 0. The zero-order valence-corrected chi connectivity index (χ0v) is 10.3. The number of nitrogens with zero attached hydrogens (tertiary/aromatic N) is 1. The molecular weight excluding hydrogens is 244 g/mol. The summed E-state index contributed by atoms with van der Waals surface area (Å²) in [7, 11) is 0. The van der Waals surface area contributed by atoms with Gasteiger partial charge in [0.2, 0.25) is 0 Å². The number of non-ortho nitro benzene ring substituents is 1. The zero-order valence-electron chi connectivity index (χ0n) is 9.57. The largest absolute Gasteiger partial charge is 0.351 e. The summed E-state index contributed by atoms with van der Waals surface area (Å²) in [5.41, 5.74) is 0.895. The van der Waals surface area contributed by atoms with E-state index in [2.05, 4.69) is 5.32 Å². The van der Waals surface area contributed by atoms with E-state index < -0.39 is 4.92 Å². The lowest BCUT2D eigenvalue weighted by molar-refractivity contribution is -0.384. The van der Waals surface area contributed by atoms with E-state index in [-0.39, 0.29) is 17.0 Å². The molecule has 6 heteroatoms. The van der Waals surface area contributed by atoms with Crippen molar-refractivity contribution in [3.63, 3.8) is 0 Å². The summed E-state index contributed by atoms with van der Waals surface area (Å²) in [6, 6.07) is 4.19. The number of halogens is 1. The first-order valence-electron chi connectivity index (χ1n) is 5.09. The number of hydrogen-bond acceptors (Lipinski definition) is 3. The van der Waals surface area contributed by atoms with Gasteiger partial charge in [-0.1, -0.05) is 6.07 Å². The van der Waals surface area contributed by atoms with Crippen LogP contribution in [0.4, 0.5) is 5.69 Å². The average Bonchev–Trinajstić information content (AvgIpc) is 2.26. The molecular formula is C11H13ClN2O3. The summed E-state index contributed by atoms with van der Waals surface area (Å²) >= 11 is 5.71. The summed E-state index contributed by atoms with van der Waals surface area (Å²) < 4.78 is 0. The van der Waals surface area contributed by atoms with Crippen LogP contribution in [0.15, 0.2) is 18.2 Å². The predicted molar refractivity (Wildman–Crippen MR) is 65.5 cm³/mol. The number of aryl methyl sites for hydroxylation is 1. The van der Waals surface area contributed by atoms with Crippen LogP contribution in [0.5, 0.6) is 0 Å². The quantitative estimate of drug-likeness (QED) is 0.510. The first-order valence-corrected chi connectivity index (χ1v) is 5.52. The van der Waals surface area contributed by atoms with E-state index in [1.165, 1.54) is 12.1 Å². The van der Waals surface area contributed by atoms with Gasteiger partial charge < -0.3 is 5.32 Å². The Kier molecular flexibility index (Phi) is 4.45. The molecule has 1 rings (SSSR count). The van der Waals surface area contributed by atoms with Crippen molar-refractivity contribution < 1.29 is 9.72 Å². The third kappa shape index (κ3) is 3.71. The lowest BCUT2D eigenvalue weighted by Gasteiger charge is -2.08. The molecule has 0 aliphatic carbocycles. The highest BCUT2D eigenvalue weighted by molar-refractivity contribution is 6.20. The number of amides is 1. The Balaban J connectivity index is 2.92. The van der Waals surface area contributed by atoms with Gasteiger partial charge in [0, 0.05) is 29.6 Å². The summed E-state index contributed by atoms with van der Waals surface area (Å²) in [6.45, 7) is 3.80. The van der Waals surface area contributed by atoms with E-state index in [0.717, 1.165) is 0 Å². The van der Waals surface area contributed by atoms with Crippen LogP contribution >= 0.6 is 11.6 Å². The van der Waals surface area contributed by atoms with Gasteiger partial charge in [0.15, 0.2) is 0 Å². The minimum atomic E-state index is -0.527. The van der Waals surface area contributed by atoms with Crippen molar-refractivity contribution in [3.05, 3.63) is 39.4 Å². The van der Waals surface area contributed by atoms with E-state index in [4.69, 9.17) is 11.6 Å². The highest BCUT2D eigenvalue weighted by Gasteiger charge is 2.14. The first-order chi connectivity index (χ1) is 7.91. The second kappa shape index (κ2) is 5.63. The smallest absolute Gasteiger partial charge is 0.270 e. The minimum absolute atomic E-state index is 0.0975. The summed E-state index contributed by atoms with van der Waals surface area (Å²) in [4.78, 5) is 21.8. The van der Waals surface area contributed by atoms with E-state index >= 15 is 0 Å². The molecule has 1 amide bonds. The molecule has 0 spiro atoms. The van der Waals surface area contributed by atoms with Gasteiger partial charge in [-0.2, -0.15) is 0 Å². The minimum Gasteiger partial charge on any atom is -0.351 e. The third-order valence-corrected chi connectivity index (χ3v) is 2.37. The standard InChI is InChI=1S/C11H13ClN2O3/c1-7-3-4-9(14(16)17)5-10(7)11(15)13-6-8(2)12/h3-5,8H,6H2,1-2H3,(H,13,15). The molecule has 1 N–H and O–H groups in total. The van der Waals surface area contributed by atoms with Crippen LogP contribution in [0.25, 0.3) is 0 Å². The Morgan fingerprint density at radius 1 is 1.59 bits per heavy atom. The Morgan fingerprint density at radius 3 is 2.76 bits per heavy atom. The molecule has 0 radical (unpaired) electrons. The Morgan fingerprint density at radius 2 is 2.24 bits per heavy atom. The van der Waals surface area contributed by atoms with Gasteiger partial charge in [-0.05, 0) is 19.4 Å². The Bertz CT molecular complexity index is 446. The number of benzene rings is 1. The van der Waals surface area contributed by atoms with Crippen LogP contribution in [0, 0.1) is 17.0 Å². The van der Waals surface area contributed by atoms with Crippen molar-refractivity contribution >= 4 is 23.2 Å². The molecule has 92 valence electrons. The summed E-state index contributed by atoms with van der Waals surface area (Å²) in [5.74, 6) is -0.348. The number of nitro groups is 1. The van der Waals surface area contributed by atoms with Crippen molar-refractivity contribution in [2.45, 2.75) is 19.2 Å². The zero-order chi connectivity index (χ0) is 13.0. The van der Waals surface area contributed by atoms with E-state index in [0.29, 0.717) is 17.7 Å². The van der Waals surface area contributed by atoms with Gasteiger partial charge >= 0.3 is 0 Å². The molecule has 1 atom stereocenters. The number of nitrogens with one attached hydrogen (secondary N) is 1. The summed E-state index contributed by atoms with van der Waals surface area (Å²) in [5, 5.41) is 13.0. The molecule has 17 heavy (non-hydrogen) atoms. The van der Waals surface area contributed by atoms with Gasteiger partial charge in [-0.3, -0.25) is 14.9 Å². The van der Waals surface area contributed by atoms with Crippen LogP contribution < -0.4 is 5.32 Å². The van der Waals surface area contributed by atoms with E-state index in [1.807, 2.05) is 0 Å². The molecule has 0 aromatic heterocycles. The topological polar surface area (TPSA) is 72.2 Å². The molecule has 1 aromatic rings. The molecule has 5 nitrogen and oxygen atoms in total. The van der Waals surface area contributed by atoms with Gasteiger partial charge in [0.05, 0.1) is 4.92 Å². The van der Waals surface area contributed by atoms with E-state index in [1.54, 1.807) is 19.9 Å². The second-order valence-corrected chi connectivity index (χ2v) is 4.49. The van der Waals surface area contributed by atoms with Crippen LogP contribution in [-0.2, 0) is 0 Å².